The summed E-state index contributed by atoms with van der Waals surface area (Å²) in [7, 11) is 2.05. The standard InChI is InChI=1S/C16H21N3O/c1-5-12(2)10-19(4)11-15-17-16(18-20-15)14-8-6-7-13(3)9-14/h5-9H,10-11H2,1-4H3/b12-5+. The van der Waals surface area contributed by atoms with Gasteiger partial charge >= 0.3 is 0 Å². The van der Waals surface area contributed by atoms with Crippen LogP contribution in [0.2, 0.25) is 0 Å². The molecular weight excluding hydrogens is 250 g/mol. The number of benzene rings is 1. The monoisotopic (exact) mass is 271 g/mol. The van der Waals surface area contributed by atoms with Crippen molar-refractivity contribution in [3.63, 3.8) is 0 Å². The first-order valence-corrected chi connectivity index (χ1v) is 6.78. The van der Waals surface area contributed by atoms with Gasteiger partial charge in [0.25, 0.3) is 0 Å². The first-order chi connectivity index (χ1) is 9.58. The topological polar surface area (TPSA) is 42.2 Å². The maximum atomic E-state index is 5.32. The van der Waals surface area contributed by atoms with E-state index in [1.807, 2.05) is 26.1 Å². The number of hydrogen-bond acceptors (Lipinski definition) is 4. The SMILES string of the molecule is C/C=C(\C)CN(C)Cc1nc(-c2cccc(C)c2)no1. The summed E-state index contributed by atoms with van der Waals surface area (Å²) in [6, 6.07) is 8.11. The molecule has 0 unspecified atom stereocenters. The van der Waals surface area contributed by atoms with Gasteiger partial charge in [0.05, 0.1) is 6.54 Å². The Morgan fingerprint density at radius 3 is 2.90 bits per heavy atom. The van der Waals surface area contributed by atoms with Crippen LogP contribution in [0.25, 0.3) is 11.4 Å². The average Bonchev–Trinajstić information content (AvgIpc) is 2.87. The molecule has 1 aromatic heterocycles. The second-order valence-electron chi connectivity index (χ2n) is 5.19. The molecule has 2 rings (SSSR count). The van der Waals surface area contributed by atoms with Crippen LogP contribution in [0.15, 0.2) is 40.4 Å². The van der Waals surface area contributed by atoms with Gasteiger partial charge in [-0.25, -0.2) is 0 Å². The van der Waals surface area contributed by atoms with E-state index in [4.69, 9.17) is 4.52 Å². The molecule has 0 aliphatic heterocycles. The van der Waals surface area contributed by atoms with E-state index < -0.39 is 0 Å². The Labute approximate surface area is 120 Å². The number of likely N-dealkylation sites (N-methyl/N-ethyl adjacent to an activating group) is 1. The Hall–Kier alpha value is -1.94. The summed E-state index contributed by atoms with van der Waals surface area (Å²) in [5.41, 5.74) is 3.51. The Bertz CT molecular complexity index is 601. The van der Waals surface area contributed by atoms with Crippen molar-refractivity contribution in [2.75, 3.05) is 13.6 Å². The van der Waals surface area contributed by atoms with Gasteiger partial charge in [-0.3, -0.25) is 4.90 Å². The normalized spacial score (nSPS) is 12.2. The quantitative estimate of drug-likeness (QED) is 0.781. The van der Waals surface area contributed by atoms with Gasteiger partial charge in [-0.15, -0.1) is 0 Å². The lowest BCUT2D eigenvalue weighted by atomic mass is 10.1. The fourth-order valence-corrected chi connectivity index (χ4v) is 2.02. The summed E-state index contributed by atoms with van der Waals surface area (Å²) in [5, 5.41) is 4.05. The molecule has 0 radical (unpaired) electrons. The number of aryl methyl sites for hydroxylation is 1. The van der Waals surface area contributed by atoms with Crippen LogP contribution >= 0.6 is 0 Å². The molecule has 4 nitrogen and oxygen atoms in total. The van der Waals surface area contributed by atoms with E-state index in [1.54, 1.807) is 0 Å². The molecule has 0 bridgehead atoms. The molecule has 4 heteroatoms. The molecule has 0 amide bonds. The van der Waals surface area contributed by atoms with E-state index in [9.17, 15) is 0 Å². The highest BCUT2D eigenvalue weighted by molar-refractivity contribution is 5.55. The van der Waals surface area contributed by atoms with Gasteiger partial charge in [0.15, 0.2) is 0 Å². The van der Waals surface area contributed by atoms with Gasteiger partial charge in [-0.1, -0.05) is 40.6 Å². The fourth-order valence-electron chi connectivity index (χ4n) is 2.02. The zero-order chi connectivity index (χ0) is 14.5. The molecule has 0 saturated heterocycles. The largest absolute Gasteiger partial charge is 0.338 e. The van der Waals surface area contributed by atoms with Crippen LogP contribution in [-0.2, 0) is 6.54 Å². The van der Waals surface area contributed by atoms with E-state index in [0.29, 0.717) is 18.3 Å². The first-order valence-electron chi connectivity index (χ1n) is 6.78. The third-order valence-electron chi connectivity index (χ3n) is 3.16. The highest BCUT2D eigenvalue weighted by Gasteiger charge is 2.10. The van der Waals surface area contributed by atoms with Crippen molar-refractivity contribution in [2.24, 2.45) is 0 Å². The van der Waals surface area contributed by atoms with Crippen molar-refractivity contribution in [1.82, 2.24) is 15.0 Å². The highest BCUT2D eigenvalue weighted by atomic mass is 16.5. The molecule has 0 fully saturated rings. The molecule has 1 heterocycles. The zero-order valence-corrected chi connectivity index (χ0v) is 12.6. The van der Waals surface area contributed by atoms with Crippen LogP contribution in [0, 0.1) is 6.92 Å². The summed E-state index contributed by atoms with van der Waals surface area (Å²) >= 11 is 0. The first kappa shape index (κ1) is 14.5. The smallest absolute Gasteiger partial charge is 0.241 e. The van der Waals surface area contributed by atoms with E-state index in [1.165, 1.54) is 11.1 Å². The number of aromatic nitrogens is 2. The van der Waals surface area contributed by atoms with Crippen molar-refractivity contribution in [1.29, 1.82) is 0 Å². The molecule has 0 aliphatic rings. The third kappa shape index (κ3) is 3.78. The summed E-state index contributed by atoms with van der Waals surface area (Å²) in [4.78, 5) is 6.61. The van der Waals surface area contributed by atoms with Crippen molar-refractivity contribution in [2.45, 2.75) is 27.3 Å². The number of allylic oxidation sites excluding steroid dienone is 1. The van der Waals surface area contributed by atoms with Crippen LogP contribution < -0.4 is 0 Å². The molecule has 0 aliphatic carbocycles. The lowest BCUT2D eigenvalue weighted by Gasteiger charge is -2.13. The molecule has 0 saturated carbocycles. The minimum atomic E-state index is 0.646. The molecule has 0 atom stereocenters. The molecular formula is C16H21N3O. The predicted molar refractivity (Wildman–Crippen MR) is 80.2 cm³/mol. The molecule has 20 heavy (non-hydrogen) atoms. The Morgan fingerprint density at radius 1 is 1.40 bits per heavy atom. The van der Waals surface area contributed by atoms with Crippen LogP contribution in [0.1, 0.15) is 25.3 Å². The van der Waals surface area contributed by atoms with Gasteiger partial charge in [0.2, 0.25) is 11.7 Å². The van der Waals surface area contributed by atoms with E-state index in [2.05, 4.69) is 47.1 Å². The predicted octanol–water partition coefficient (Wildman–Crippen LogP) is 3.44. The summed E-state index contributed by atoms with van der Waals surface area (Å²) in [5.74, 6) is 1.30. The maximum Gasteiger partial charge on any atom is 0.241 e. The fraction of sp³-hybridized carbons (Fsp3) is 0.375. The Balaban J connectivity index is 2.06. The number of nitrogens with zero attached hydrogens (tertiary/aromatic N) is 3. The van der Waals surface area contributed by atoms with Crippen LogP contribution in [-0.4, -0.2) is 28.6 Å². The molecule has 0 N–H and O–H groups in total. The van der Waals surface area contributed by atoms with E-state index >= 15 is 0 Å². The van der Waals surface area contributed by atoms with Crippen molar-refractivity contribution < 1.29 is 4.52 Å². The Morgan fingerprint density at radius 2 is 2.20 bits per heavy atom. The van der Waals surface area contributed by atoms with Gasteiger partial charge in [0, 0.05) is 12.1 Å². The number of hydrogen-bond donors (Lipinski definition) is 0. The molecule has 1 aromatic carbocycles. The van der Waals surface area contributed by atoms with Crippen LogP contribution in [0.3, 0.4) is 0 Å². The van der Waals surface area contributed by atoms with Crippen molar-refractivity contribution in [3.8, 4) is 11.4 Å². The minimum absolute atomic E-state index is 0.646. The van der Waals surface area contributed by atoms with Gasteiger partial charge in [0.1, 0.15) is 0 Å². The Kier molecular flexibility index (Phi) is 4.69. The second kappa shape index (κ2) is 6.48. The molecule has 106 valence electrons. The summed E-state index contributed by atoms with van der Waals surface area (Å²) < 4.78 is 5.32. The van der Waals surface area contributed by atoms with Crippen LogP contribution in [0.5, 0.6) is 0 Å². The lowest BCUT2D eigenvalue weighted by molar-refractivity contribution is 0.281. The summed E-state index contributed by atoms with van der Waals surface area (Å²) in [6.07, 6.45) is 2.11. The third-order valence-corrected chi connectivity index (χ3v) is 3.16. The van der Waals surface area contributed by atoms with Crippen LogP contribution in [0.4, 0.5) is 0 Å². The van der Waals surface area contributed by atoms with E-state index in [0.717, 1.165) is 12.1 Å². The number of rotatable bonds is 5. The van der Waals surface area contributed by atoms with Crippen molar-refractivity contribution in [3.05, 3.63) is 47.4 Å². The molecule has 0 spiro atoms. The average molecular weight is 271 g/mol. The second-order valence-corrected chi connectivity index (χ2v) is 5.19. The van der Waals surface area contributed by atoms with Gasteiger partial charge in [-0.2, -0.15) is 4.98 Å². The zero-order valence-electron chi connectivity index (χ0n) is 12.6. The van der Waals surface area contributed by atoms with Gasteiger partial charge in [-0.05, 0) is 33.9 Å². The van der Waals surface area contributed by atoms with E-state index in [-0.39, 0.29) is 0 Å². The highest BCUT2D eigenvalue weighted by Crippen LogP contribution is 2.17. The molecule has 2 aromatic rings. The minimum Gasteiger partial charge on any atom is -0.338 e. The maximum absolute atomic E-state index is 5.32. The van der Waals surface area contributed by atoms with Gasteiger partial charge < -0.3 is 4.52 Å². The lowest BCUT2D eigenvalue weighted by Crippen LogP contribution is -2.20. The summed E-state index contributed by atoms with van der Waals surface area (Å²) in [6.45, 7) is 7.77. The van der Waals surface area contributed by atoms with Crippen molar-refractivity contribution >= 4 is 0 Å².